The average Bonchev–Trinajstić information content (AvgIpc) is 2.64. The van der Waals surface area contributed by atoms with Crippen molar-refractivity contribution in [1.29, 1.82) is 0 Å². The van der Waals surface area contributed by atoms with E-state index < -0.39 is 35.2 Å². The number of amides is 3. The number of allylic oxidation sites excluding steroid dienone is 1. The van der Waals surface area contributed by atoms with Gasteiger partial charge in [-0.05, 0) is 6.08 Å². The van der Waals surface area contributed by atoms with Gasteiger partial charge in [-0.3, -0.25) is 19.2 Å². The minimum Gasteiger partial charge on any atom is -0.323 e. The van der Waals surface area contributed by atoms with Crippen LogP contribution in [0.2, 0.25) is 0 Å². The Kier molecular flexibility index (Phi) is 2.84. The first-order valence-corrected chi connectivity index (χ1v) is 4.92. The molecule has 0 atom stereocenters. The quantitative estimate of drug-likeness (QED) is 0.563. The van der Waals surface area contributed by atoms with Crippen LogP contribution < -0.4 is 0 Å². The highest BCUT2D eigenvalue weighted by atomic mass is 16.7. The molecule has 8 nitrogen and oxygen atoms in total. The first-order chi connectivity index (χ1) is 8.49. The number of hydrogen-bond acceptors (Lipinski definition) is 6. The molecule has 1 fully saturated rings. The summed E-state index contributed by atoms with van der Waals surface area (Å²) in [6.45, 7) is 0. The molecule has 0 aromatic rings. The van der Waals surface area contributed by atoms with Crippen LogP contribution in [0.3, 0.4) is 0 Å². The minimum atomic E-state index is -1.30. The van der Waals surface area contributed by atoms with Gasteiger partial charge in [0.2, 0.25) is 11.5 Å². The average molecular weight is 250 g/mol. The Balaban J connectivity index is 2.13. The highest BCUT2D eigenvalue weighted by Gasteiger charge is 2.35. The van der Waals surface area contributed by atoms with Gasteiger partial charge < -0.3 is 4.84 Å². The largest absolute Gasteiger partial charge is 0.386 e. The maximum atomic E-state index is 11.5. The summed E-state index contributed by atoms with van der Waals surface area (Å²) in [6.07, 6.45) is 1.63. The fourth-order valence-corrected chi connectivity index (χ4v) is 1.36. The molecule has 0 aromatic carbocycles. The number of aliphatic imine (C=N–C) groups is 1. The van der Waals surface area contributed by atoms with Gasteiger partial charge in [-0.1, -0.05) is 0 Å². The minimum absolute atomic E-state index is 0.0641. The van der Waals surface area contributed by atoms with Gasteiger partial charge in [-0.15, -0.1) is 5.06 Å². The third-order valence-corrected chi connectivity index (χ3v) is 2.21. The lowest BCUT2D eigenvalue weighted by Gasteiger charge is -2.12. The van der Waals surface area contributed by atoms with Crippen LogP contribution in [0.4, 0.5) is 0 Å². The Labute approximate surface area is 99.9 Å². The molecule has 92 valence electrons. The van der Waals surface area contributed by atoms with Crippen LogP contribution >= 0.6 is 0 Å². The fraction of sp³-hybridized carbons (Fsp3) is 0.200. The fourth-order valence-electron chi connectivity index (χ4n) is 1.36. The van der Waals surface area contributed by atoms with Crippen LogP contribution in [0.25, 0.3) is 0 Å². The zero-order valence-electron chi connectivity index (χ0n) is 8.91. The molecule has 2 heterocycles. The molecule has 8 heteroatoms. The van der Waals surface area contributed by atoms with E-state index in [2.05, 4.69) is 9.83 Å². The normalized spacial score (nSPS) is 19.3. The highest BCUT2D eigenvalue weighted by molar-refractivity contribution is 6.68. The van der Waals surface area contributed by atoms with Crippen LogP contribution in [0.15, 0.2) is 17.1 Å². The zero-order valence-corrected chi connectivity index (χ0v) is 8.91. The Hall–Kier alpha value is -2.64. The van der Waals surface area contributed by atoms with Crippen molar-refractivity contribution in [2.75, 3.05) is 0 Å². The second-order valence-corrected chi connectivity index (χ2v) is 3.46. The van der Waals surface area contributed by atoms with Gasteiger partial charge in [0.15, 0.2) is 0 Å². The van der Waals surface area contributed by atoms with Crippen molar-refractivity contribution in [3.8, 4) is 0 Å². The molecule has 2 aliphatic rings. The van der Waals surface area contributed by atoms with E-state index in [9.17, 15) is 24.0 Å². The number of dihydropyridines is 1. The number of rotatable bonds is 2. The molecule has 0 bridgehead atoms. The summed E-state index contributed by atoms with van der Waals surface area (Å²) in [5, 5.41) is 0.279. The highest BCUT2D eigenvalue weighted by Crippen LogP contribution is 2.12. The molecular formula is C10H6N2O6. The van der Waals surface area contributed by atoms with Crippen LogP contribution in [0.5, 0.6) is 0 Å². The second-order valence-electron chi connectivity index (χ2n) is 3.46. The van der Waals surface area contributed by atoms with E-state index in [0.29, 0.717) is 0 Å². The lowest BCUT2D eigenvalue weighted by molar-refractivity contribution is -0.192. The molecule has 3 amide bonds. The number of imide groups is 1. The van der Waals surface area contributed by atoms with Crippen molar-refractivity contribution >= 4 is 35.2 Å². The van der Waals surface area contributed by atoms with Gasteiger partial charge in [-0.2, -0.15) is 4.99 Å². The van der Waals surface area contributed by atoms with E-state index in [1.807, 2.05) is 0 Å². The SMILES string of the molecule is O=C1C=CC(=O)C(C(=O)ON2C(=O)CCC2=O)=N1. The summed E-state index contributed by atoms with van der Waals surface area (Å²) in [7, 11) is 0. The van der Waals surface area contributed by atoms with E-state index in [0.717, 1.165) is 12.2 Å². The number of hydrogen-bond donors (Lipinski definition) is 0. The van der Waals surface area contributed by atoms with E-state index in [-0.39, 0.29) is 17.9 Å². The summed E-state index contributed by atoms with van der Waals surface area (Å²) < 4.78 is 0. The molecule has 0 radical (unpaired) electrons. The number of hydroxylamine groups is 2. The third-order valence-electron chi connectivity index (χ3n) is 2.21. The lowest BCUT2D eigenvalue weighted by Crippen LogP contribution is -2.37. The number of carbonyl (C=O) groups is 5. The van der Waals surface area contributed by atoms with Gasteiger partial charge >= 0.3 is 5.97 Å². The molecule has 2 aliphatic heterocycles. The van der Waals surface area contributed by atoms with Crippen molar-refractivity contribution in [3.63, 3.8) is 0 Å². The molecule has 0 saturated carbocycles. The first-order valence-electron chi connectivity index (χ1n) is 4.92. The Morgan fingerprint density at radius 3 is 2.33 bits per heavy atom. The first kappa shape index (κ1) is 11.8. The number of carbonyl (C=O) groups excluding carboxylic acids is 5. The lowest BCUT2D eigenvalue weighted by atomic mass is 10.2. The van der Waals surface area contributed by atoms with Gasteiger partial charge in [0, 0.05) is 18.9 Å². The van der Waals surface area contributed by atoms with E-state index in [1.165, 1.54) is 0 Å². The van der Waals surface area contributed by atoms with Crippen molar-refractivity contribution < 1.29 is 28.8 Å². The standard InChI is InChI=1S/C10H6N2O6/c13-5-1-2-6(14)11-9(5)10(17)18-12-7(15)3-4-8(12)16/h1-2H,3-4H2. The third kappa shape index (κ3) is 2.08. The van der Waals surface area contributed by atoms with Crippen LogP contribution in [0, 0.1) is 0 Å². The Bertz CT molecular complexity index is 529. The predicted molar refractivity (Wildman–Crippen MR) is 53.8 cm³/mol. The number of ketones is 1. The maximum absolute atomic E-state index is 11.5. The molecule has 0 aromatic heterocycles. The summed E-state index contributed by atoms with van der Waals surface area (Å²) in [6, 6.07) is 0. The van der Waals surface area contributed by atoms with Gasteiger partial charge in [0.05, 0.1) is 0 Å². The molecule has 2 rings (SSSR count). The van der Waals surface area contributed by atoms with Gasteiger partial charge in [-0.25, -0.2) is 4.79 Å². The molecule has 1 saturated heterocycles. The second kappa shape index (κ2) is 4.32. The summed E-state index contributed by atoms with van der Waals surface area (Å²) in [4.78, 5) is 63.6. The van der Waals surface area contributed by atoms with Crippen molar-refractivity contribution in [2.24, 2.45) is 4.99 Å². The molecule has 0 spiro atoms. The predicted octanol–water partition coefficient (Wildman–Crippen LogP) is -1.30. The maximum Gasteiger partial charge on any atom is 0.386 e. The van der Waals surface area contributed by atoms with Crippen molar-refractivity contribution in [3.05, 3.63) is 12.2 Å². The number of nitrogens with zero attached hydrogens (tertiary/aromatic N) is 2. The summed E-state index contributed by atoms with van der Waals surface area (Å²) >= 11 is 0. The van der Waals surface area contributed by atoms with E-state index >= 15 is 0 Å². The van der Waals surface area contributed by atoms with Gasteiger partial charge in [0.1, 0.15) is 0 Å². The molecule has 0 unspecified atom stereocenters. The molecule has 0 N–H and O–H groups in total. The van der Waals surface area contributed by atoms with E-state index in [1.54, 1.807) is 0 Å². The monoisotopic (exact) mass is 250 g/mol. The van der Waals surface area contributed by atoms with Crippen LogP contribution in [0.1, 0.15) is 12.8 Å². The smallest absolute Gasteiger partial charge is 0.323 e. The van der Waals surface area contributed by atoms with E-state index in [4.69, 9.17) is 0 Å². The Morgan fingerprint density at radius 1 is 1.11 bits per heavy atom. The zero-order chi connectivity index (χ0) is 13.3. The molecule has 18 heavy (non-hydrogen) atoms. The Morgan fingerprint density at radius 2 is 1.72 bits per heavy atom. The van der Waals surface area contributed by atoms with Crippen LogP contribution in [-0.4, -0.2) is 40.2 Å². The van der Waals surface area contributed by atoms with Crippen molar-refractivity contribution in [1.82, 2.24) is 5.06 Å². The summed E-state index contributed by atoms with van der Waals surface area (Å²) in [5.74, 6) is -4.28. The van der Waals surface area contributed by atoms with Crippen molar-refractivity contribution in [2.45, 2.75) is 12.8 Å². The van der Waals surface area contributed by atoms with Gasteiger partial charge in [0.25, 0.3) is 17.7 Å². The molecule has 0 aliphatic carbocycles. The molecular weight excluding hydrogens is 244 g/mol. The summed E-state index contributed by atoms with van der Waals surface area (Å²) in [5.41, 5.74) is -0.755. The van der Waals surface area contributed by atoms with Crippen LogP contribution in [-0.2, 0) is 28.8 Å². The topological polar surface area (TPSA) is 110 Å².